The van der Waals surface area contributed by atoms with Crippen molar-refractivity contribution in [1.29, 1.82) is 0 Å². The molecule has 0 amide bonds. The normalized spacial score (nSPS) is 27.0. The predicted octanol–water partition coefficient (Wildman–Crippen LogP) is 0.530. The molecule has 7 nitrogen and oxygen atoms in total. The average Bonchev–Trinajstić information content (AvgIpc) is 2.61. The second-order valence-corrected chi connectivity index (χ2v) is 7.88. The van der Waals surface area contributed by atoms with Gasteiger partial charge in [-0.2, -0.15) is 5.10 Å². The standard InChI is InChI=1S/C13H24N4O3S/c1-9-5-4-6-13(18,7-9)8-15-21(19,20)11-10(2)17(3)16-12(11)14/h9,15,18H,4-8H2,1-3H3,(H2,14,16). The molecule has 0 saturated heterocycles. The molecule has 2 unspecified atom stereocenters. The van der Waals surface area contributed by atoms with Gasteiger partial charge in [0.2, 0.25) is 10.0 Å². The van der Waals surface area contributed by atoms with Crippen LogP contribution in [-0.4, -0.2) is 35.5 Å². The first-order valence-corrected chi connectivity index (χ1v) is 8.64. The summed E-state index contributed by atoms with van der Waals surface area (Å²) in [5.41, 5.74) is 5.18. The molecule has 1 aliphatic carbocycles. The van der Waals surface area contributed by atoms with Gasteiger partial charge < -0.3 is 10.8 Å². The van der Waals surface area contributed by atoms with Crippen LogP contribution >= 0.6 is 0 Å². The molecule has 0 aliphatic heterocycles. The van der Waals surface area contributed by atoms with Gasteiger partial charge in [-0.3, -0.25) is 4.68 Å². The van der Waals surface area contributed by atoms with E-state index in [0.29, 0.717) is 24.5 Å². The lowest BCUT2D eigenvalue weighted by molar-refractivity contribution is -0.00751. The topological polar surface area (TPSA) is 110 Å². The Bertz CT molecular complexity index is 626. The summed E-state index contributed by atoms with van der Waals surface area (Å²) >= 11 is 0. The predicted molar refractivity (Wildman–Crippen MR) is 80.1 cm³/mol. The molecule has 2 rings (SSSR count). The number of hydrogen-bond donors (Lipinski definition) is 3. The van der Waals surface area contributed by atoms with Crippen molar-refractivity contribution >= 4 is 15.8 Å². The largest absolute Gasteiger partial charge is 0.389 e. The number of aromatic nitrogens is 2. The van der Waals surface area contributed by atoms with Crippen LogP contribution in [-0.2, 0) is 17.1 Å². The Morgan fingerprint density at radius 3 is 2.76 bits per heavy atom. The van der Waals surface area contributed by atoms with Crippen molar-refractivity contribution in [2.24, 2.45) is 13.0 Å². The van der Waals surface area contributed by atoms with E-state index in [2.05, 4.69) is 16.7 Å². The molecule has 4 N–H and O–H groups in total. The fourth-order valence-corrected chi connectivity index (χ4v) is 4.48. The minimum atomic E-state index is -3.77. The molecule has 21 heavy (non-hydrogen) atoms. The molecule has 120 valence electrons. The van der Waals surface area contributed by atoms with Gasteiger partial charge in [0.25, 0.3) is 0 Å². The molecule has 2 atom stereocenters. The van der Waals surface area contributed by atoms with E-state index in [-0.39, 0.29) is 17.3 Å². The monoisotopic (exact) mass is 316 g/mol. The van der Waals surface area contributed by atoms with Gasteiger partial charge >= 0.3 is 0 Å². The van der Waals surface area contributed by atoms with Gasteiger partial charge in [-0.05, 0) is 25.7 Å². The molecular formula is C13H24N4O3S. The van der Waals surface area contributed by atoms with Crippen molar-refractivity contribution in [1.82, 2.24) is 14.5 Å². The number of nitrogens with one attached hydrogen (secondary N) is 1. The van der Waals surface area contributed by atoms with Crippen molar-refractivity contribution < 1.29 is 13.5 Å². The van der Waals surface area contributed by atoms with E-state index in [4.69, 9.17) is 5.73 Å². The Morgan fingerprint density at radius 1 is 1.57 bits per heavy atom. The van der Waals surface area contributed by atoms with E-state index in [9.17, 15) is 13.5 Å². The number of aryl methyl sites for hydroxylation is 1. The van der Waals surface area contributed by atoms with Gasteiger partial charge in [-0.25, -0.2) is 13.1 Å². The summed E-state index contributed by atoms with van der Waals surface area (Å²) in [5.74, 6) is 0.380. The maximum atomic E-state index is 12.4. The quantitative estimate of drug-likeness (QED) is 0.750. The molecule has 1 aliphatic rings. The summed E-state index contributed by atoms with van der Waals surface area (Å²) in [7, 11) is -2.13. The minimum Gasteiger partial charge on any atom is -0.389 e. The van der Waals surface area contributed by atoms with Gasteiger partial charge in [0.1, 0.15) is 4.90 Å². The molecule has 0 bridgehead atoms. The second kappa shape index (κ2) is 5.58. The fourth-order valence-electron chi connectivity index (χ4n) is 3.04. The summed E-state index contributed by atoms with van der Waals surface area (Å²) in [6.45, 7) is 3.73. The minimum absolute atomic E-state index is 0.00235. The zero-order chi connectivity index (χ0) is 15.8. The Balaban J connectivity index is 2.15. The molecule has 1 heterocycles. The molecule has 0 aromatic carbocycles. The molecule has 0 radical (unpaired) electrons. The number of anilines is 1. The first-order chi connectivity index (χ1) is 9.65. The Kier molecular flexibility index (Phi) is 4.32. The average molecular weight is 316 g/mol. The SMILES string of the molecule is Cc1c(S(=O)(=O)NCC2(O)CCCC(C)C2)c(N)nn1C. The van der Waals surface area contributed by atoms with Gasteiger partial charge in [0.05, 0.1) is 11.3 Å². The zero-order valence-corrected chi connectivity index (χ0v) is 13.6. The summed E-state index contributed by atoms with van der Waals surface area (Å²) in [6.07, 6.45) is 3.20. The van der Waals surface area contributed by atoms with Crippen LogP contribution in [0.3, 0.4) is 0 Å². The van der Waals surface area contributed by atoms with Crippen molar-refractivity contribution in [2.45, 2.75) is 50.0 Å². The van der Waals surface area contributed by atoms with Gasteiger partial charge in [-0.15, -0.1) is 0 Å². The van der Waals surface area contributed by atoms with Crippen molar-refractivity contribution in [3.63, 3.8) is 0 Å². The lowest BCUT2D eigenvalue weighted by Gasteiger charge is -2.35. The Morgan fingerprint density at radius 2 is 2.24 bits per heavy atom. The third-order valence-corrected chi connectivity index (χ3v) is 5.80. The number of nitrogens with zero attached hydrogens (tertiary/aromatic N) is 2. The van der Waals surface area contributed by atoms with Crippen LogP contribution in [0, 0.1) is 12.8 Å². The highest BCUT2D eigenvalue weighted by Crippen LogP contribution is 2.32. The van der Waals surface area contributed by atoms with E-state index >= 15 is 0 Å². The zero-order valence-electron chi connectivity index (χ0n) is 12.8. The van der Waals surface area contributed by atoms with Crippen LogP contribution in [0.2, 0.25) is 0 Å². The third-order valence-electron chi connectivity index (χ3n) is 4.23. The number of aliphatic hydroxyl groups is 1. The van der Waals surface area contributed by atoms with E-state index in [1.807, 2.05) is 0 Å². The van der Waals surface area contributed by atoms with Crippen molar-refractivity contribution in [3.05, 3.63) is 5.69 Å². The third kappa shape index (κ3) is 3.38. The van der Waals surface area contributed by atoms with Gasteiger partial charge in [0.15, 0.2) is 5.82 Å². The number of nitrogens with two attached hydrogens (primary N) is 1. The molecule has 0 spiro atoms. The summed E-state index contributed by atoms with van der Waals surface area (Å²) in [5, 5.41) is 14.4. The molecular weight excluding hydrogens is 292 g/mol. The lowest BCUT2D eigenvalue weighted by Crippen LogP contribution is -2.45. The van der Waals surface area contributed by atoms with Gasteiger partial charge in [-0.1, -0.05) is 19.8 Å². The van der Waals surface area contributed by atoms with Gasteiger partial charge in [0, 0.05) is 13.6 Å². The highest BCUT2D eigenvalue weighted by atomic mass is 32.2. The number of hydrogen-bond acceptors (Lipinski definition) is 5. The molecule has 1 aromatic rings. The maximum absolute atomic E-state index is 12.4. The van der Waals surface area contributed by atoms with Crippen LogP contribution < -0.4 is 10.5 Å². The number of nitrogen functional groups attached to an aromatic ring is 1. The molecule has 1 fully saturated rings. The lowest BCUT2D eigenvalue weighted by atomic mass is 9.79. The van der Waals surface area contributed by atoms with Crippen LogP contribution in [0.15, 0.2) is 4.90 Å². The van der Waals surface area contributed by atoms with Crippen LogP contribution in [0.4, 0.5) is 5.82 Å². The molecule has 1 saturated carbocycles. The maximum Gasteiger partial charge on any atom is 0.246 e. The van der Waals surface area contributed by atoms with Crippen molar-refractivity contribution in [2.75, 3.05) is 12.3 Å². The van der Waals surface area contributed by atoms with Crippen molar-refractivity contribution in [3.8, 4) is 0 Å². The summed E-state index contributed by atoms with van der Waals surface area (Å²) < 4.78 is 28.7. The highest BCUT2D eigenvalue weighted by molar-refractivity contribution is 7.89. The first kappa shape index (κ1) is 16.3. The van der Waals surface area contributed by atoms with E-state index in [1.54, 1.807) is 14.0 Å². The molecule has 1 aromatic heterocycles. The van der Waals surface area contributed by atoms with Crippen LogP contribution in [0.1, 0.15) is 38.3 Å². The molecule has 8 heteroatoms. The van der Waals surface area contributed by atoms with E-state index < -0.39 is 15.6 Å². The Labute approximate surface area is 125 Å². The van der Waals surface area contributed by atoms with E-state index in [0.717, 1.165) is 12.8 Å². The number of rotatable bonds is 4. The number of sulfonamides is 1. The summed E-state index contributed by atoms with van der Waals surface area (Å²) in [4.78, 5) is -0.00235. The van der Waals surface area contributed by atoms with E-state index in [1.165, 1.54) is 4.68 Å². The van der Waals surface area contributed by atoms with Crippen LogP contribution in [0.5, 0.6) is 0 Å². The fraction of sp³-hybridized carbons (Fsp3) is 0.769. The Hall–Kier alpha value is -1.12. The summed E-state index contributed by atoms with van der Waals surface area (Å²) in [6, 6.07) is 0. The second-order valence-electron chi connectivity index (χ2n) is 6.17. The van der Waals surface area contributed by atoms with Crippen LogP contribution in [0.25, 0.3) is 0 Å². The first-order valence-electron chi connectivity index (χ1n) is 7.16. The highest BCUT2D eigenvalue weighted by Gasteiger charge is 2.35. The smallest absolute Gasteiger partial charge is 0.246 e.